The van der Waals surface area contributed by atoms with Gasteiger partial charge < -0.3 is 10.2 Å². The first kappa shape index (κ1) is 24.6. The maximum atomic E-state index is 13.7. The molecule has 0 saturated heterocycles. The number of likely N-dealkylation sites (N-methyl/N-ethyl adjacent to an activating group) is 1. The molecule has 0 bridgehead atoms. The lowest BCUT2D eigenvalue weighted by atomic mass is 10.00. The molecular weight excluding hydrogens is 430 g/mol. The first-order valence-corrected chi connectivity index (χ1v) is 11.3. The van der Waals surface area contributed by atoms with Crippen LogP contribution in [-0.4, -0.2) is 34.2 Å². The minimum atomic E-state index is -0.766. The summed E-state index contributed by atoms with van der Waals surface area (Å²) in [7, 11) is 0. The van der Waals surface area contributed by atoms with Crippen LogP contribution in [0.5, 0.6) is 0 Å². The summed E-state index contributed by atoms with van der Waals surface area (Å²) in [5.41, 5.74) is 3.05. The Kier molecular flexibility index (Phi) is 8.51. The molecule has 1 N–H and O–H groups in total. The van der Waals surface area contributed by atoms with E-state index >= 15 is 0 Å². The van der Waals surface area contributed by atoms with Gasteiger partial charge in [-0.15, -0.1) is 0 Å². The number of nitrogens with one attached hydrogen (secondary N) is 1. The van der Waals surface area contributed by atoms with Gasteiger partial charge in [-0.1, -0.05) is 72.8 Å². The van der Waals surface area contributed by atoms with Crippen LogP contribution in [0, 0.1) is 17.0 Å². The summed E-state index contributed by atoms with van der Waals surface area (Å²) < 4.78 is 0. The second-order valence-corrected chi connectivity index (χ2v) is 8.11. The largest absolute Gasteiger partial charge is 0.355 e. The SMILES string of the molecule is CCNC(=O)C(Cc1ccccc1)N(Cc1ccccc1C)C(=O)Cc1ccccc1[N+](=O)[O-]. The van der Waals surface area contributed by atoms with Gasteiger partial charge >= 0.3 is 0 Å². The summed E-state index contributed by atoms with van der Waals surface area (Å²) in [6.45, 7) is 4.44. The van der Waals surface area contributed by atoms with Gasteiger partial charge in [-0.25, -0.2) is 0 Å². The minimum Gasteiger partial charge on any atom is -0.355 e. The van der Waals surface area contributed by atoms with Gasteiger partial charge in [-0.05, 0) is 30.5 Å². The number of nitro groups is 1. The summed E-state index contributed by atoms with van der Waals surface area (Å²) in [5.74, 6) is -0.597. The molecule has 3 aromatic rings. The summed E-state index contributed by atoms with van der Waals surface area (Å²) in [6, 6.07) is 22.7. The fourth-order valence-electron chi connectivity index (χ4n) is 3.92. The molecule has 1 unspecified atom stereocenters. The third-order valence-electron chi connectivity index (χ3n) is 5.75. The van der Waals surface area contributed by atoms with E-state index in [1.807, 2.05) is 68.4 Å². The molecule has 0 aliphatic rings. The smallest absolute Gasteiger partial charge is 0.273 e. The van der Waals surface area contributed by atoms with Crippen molar-refractivity contribution in [3.05, 3.63) is 111 Å². The van der Waals surface area contributed by atoms with Crippen molar-refractivity contribution in [2.75, 3.05) is 6.54 Å². The van der Waals surface area contributed by atoms with Crippen LogP contribution in [-0.2, 0) is 29.0 Å². The molecule has 7 nitrogen and oxygen atoms in total. The molecule has 3 aromatic carbocycles. The van der Waals surface area contributed by atoms with Crippen molar-refractivity contribution < 1.29 is 14.5 Å². The maximum Gasteiger partial charge on any atom is 0.273 e. The topological polar surface area (TPSA) is 92.6 Å². The number of rotatable bonds is 10. The summed E-state index contributed by atoms with van der Waals surface area (Å²) in [6.07, 6.45) is 0.162. The number of hydrogen-bond donors (Lipinski definition) is 1. The van der Waals surface area contributed by atoms with Crippen LogP contribution in [0.3, 0.4) is 0 Å². The molecule has 0 aromatic heterocycles. The van der Waals surface area contributed by atoms with Crippen LogP contribution in [0.4, 0.5) is 5.69 Å². The lowest BCUT2D eigenvalue weighted by molar-refractivity contribution is -0.385. The quantitative estimate of drug-likeness (QED) is 0.363. The highest BCUT2D eigenvalue weighted by molar-refractivity contribution is 5.89. The van der Waals surface area contributed by atoms with Gasteiger partial charge in [-0.2, -0.15) is 0 Å². The van der Waals surface area contributed by atoms with Crippen LogP contribution in [0.1, 0.15) is 29.2 Å². The third kappa shape index (κ3) is 6.28. The average molecular weight is 460 g/mol. The first-order chi connectivity index (χ1) is 16.4. The Morgan fingerprint density at radius 3 is 2.21 bits per heavy atom. The number of carbonyl (C=O) groups excluding carboxylic acids is 2. The molecule has 1 atom stereocenters. The normalized spacial score (nSPS) is 11.5. The average Bonchev–Trinajstić information content (AvgIpc) is 2.83. The number of nitrogens with zero attached hydrogens (tertiary/aromatic N) is 2. The zero-order valence-electron chi connectivity index (χ0n) is 19.4. The second kappa shape index (κ2) is 11.7. The number of aryl methyl sites for hydroxylation is 1. The Balaban J connectivity index is 2.01. The molecule has 0 radical (unpaired) electrons. The first-order valence-electron chi connectivity index (χ1n) is 11.3. The number of carbonyl (C=O) groups is 2. The maximum absolute atomic E-state index is 13.7. The van der Waals surface area contributed by atoms with E-state index in [2.05, 4.69) is 5.32 Å². The predicted molar refractivity (Wildman–Crippen MR) is 131 cm³/mol. The fraction of sp³-hybridized carbons (Fsp3) is 0.259. The highest BCUT2D eigenvalue weighted by Crippen LogP contribution is 2.22. The molecule has 0 fully saturated rings. The van der Waals surface area contributed by atoms with E-state index in [0.717, 1.165) is 16.7 Å². The second-order valence-electron chi connectivity index (χ2n) is 8.11. The van der Waals surface area contributed by atoms with Gasteiger partial charge in [0.05, 0.1) is 11.3 Å². The van der Waals surface area contributed by atoms with E-state index in [1.165, 1.54) is 6.07 Å². The molecule has 176 valence electrons. The van der Waals surface area contributed by atoms with Crippen molar-refractivity contribution in [3.8, 4) is 0 Å². The van der Waals surface area contributed by atoms with Crippen LogP contribution in [0.2, 0.25) is 0 Å². The summed E-state index contributed by atoms with van der Waals surface area (Å²) >= 11 is 0. The van der Waals surface area contributed by atoms with Crippen molar-refractivity contribution >= 4 is 17.5 Å². The zero-order chi connectivity index (χ0) is 24.5. The van der Waals surface area contributed by atoms with Crippen molar-refractivity contribution in [1.82, 2.24) is 10.2 Å². The van der Waals surface area contributed by atoms with Crippen LogP contribution in [0.15, 0.2) is 78.9 Å². The number of nitro benzene ring substituents is 1. The van der Waals surface area contributed by atoms with Gasteiger partial charge in [0.1, 0.15) is 6.04 Å². The van der Waals surface area contributed by atoms with Crippen molar-refractivity contribution in [2.45, 2.75) is 39.3 Å². The zero-order valence-corrected chi connectivity index (χ0v) is 19.4. The van der Waals surface area contributed by atoms with E-state index in [1.54, 1.807) is 23.1 Å². The molecule has 34 heavy (non-hydrogen) atoms. The monoisotopic (exact) mass is 459 g/mol. The fourth-order valence-corrected chi connectivity index (χ4v) is 3.92. The minimum absolute atomic E-state index is 0.107. The van der Waals surface area contributed by atoms with E-state index in [-0.39, 0.29) is 30.5 Å². The summed E-state index contributed by atoms with van der Waals surface area (Å²) in [4.78, 5) is 39.4. The number of hydrogen-bond acceptors (Lipinski definition) is 4. The highest BCUT2D eigenvalue weighted by atomic mass is 16.6. The highest BCUT2D eigenvalue weighted by Gasteiger charge is 2.31. The Morgan fingerprint density at radius 1 is 0.941 bits per heavy atom. The van der Waals surface area contributed by atoms with Crippen molar-refractivity contribution in [2.24, 2.45) is 0 Å². The Bertz CT molecular complexity index is 1150. The van der Waals surface area contributed by atoms with Gasteiger partial charge in [0, 0.05) is 31.1 Å². The summed E-state index contributed by atoms with van der Waals surface area (Å²) in [5, 5.41) is 14.3. The van der Waals surface area contributed by atoms with E-state index in [4.69, 9.17) is 0 Å². The molecular formula is C27H29N3O4. The molecule has 0 aliphatic carbocycles. The Labute approximate surface area is 199 Å². The van der Waals surface area contributed by atoms with Gasteiger partial charge in [0.25, 0.3) is 5.69 Å². The van der Waals surface area contributed by atoms with E-state index in [9.17, 15) is 19.7 Å². The van der Waals surface area contributed by atoms with Gasteiger partial charge in [0.15, 0.2) is 0 Å². The predicted octanol–water partition coefficient (Wildman–Crippen LogP) is 4.22. The van der Waals surface area contributed by atoms with E-state index in [0.29, 0.717) is 18.5 Å². The van der Waals surface area contributed by atoms with Gasteiger partial charge in [-0.3, -0.25) is 19.7 Å². The van der Waals surface area contributed by atoms with Gasteiger partial charge in [0.2, 0.25) is 11.8 Å². The van der Waals surface area contributed by atoms with E-state index < -0.39 is 11.0 Å². The standard InChI is InChI=1S/C27H29N3O4/c1-3-28-27(32)25(17-21-12-5-4-6-13-21)29(19-23-15-8-7-11-20(23)2)26(31)18-22-14-9-10-16-24(22)30(33)34/h4-16,25H,3,17-19H2,1-2H3,(H,28,32). The Morgan fingerprint density at radius 2 is 1.56 bits per heavy atom. The van der Waals surface area contributed by atoms with Crippen LogP contribution < -0.4 is 5.32 Å². The number of para-hydroxylation sites is 1. The van der Waals surface area contributed by atoms with Crippen LogP contribution in [0.25, 0.3) is 0 Å². The third-order valence-corrected chi connectivity index (χ3v) is 5.75. The number of amides is 2. The number of benzene rings is 3. The molecule has 0 heterocycles. The van der Waals surface area contributed by atoms with Crippen molar-refractivity contribution in [3.63, 3.8) is 0 Å². The molecule has 0 aliphatic heterocycles. The molecule has 3 rings (SSSR count). The lowest BCUT2D eigenvalue weighted by Gasteiger charge is -2.32. The lowest BCUT2D eigenvalue weighted by Crippen LogP contribution is -2.51. The van der Waals surface area contributed by atoms with Crippen LogP contribution >= 0.6 is 0 Å². The molecule has 0 spiro atoms. The molecule has 0 saturated carbocycles. The molecule has 7 heteroatoms. The Hall–Kier alpha value is -4.00. The molecule has 2 amide bonds. The van der Waals surface area contributed by atoms with Crippen molar-refractivity contribution in [1.29, 1.82) is 0 Å².